The quantitative estimate of drug-likeness (QED) is 0.352. The van der Waals surface area contributed by atoms with Crippen LogP contribution in [0.2, 0.25) is 0 Å². The fraction of sp³-hybridized carbons (Fsp3) is 0.227. The molecule has 3 rings (SSSR count). The lowest BCUT2D eigenvalue weighted by Gasteiger charge is -2.11. The van der Waals surface area contributed by atoms with Crippen molar-refractivity contribution >= 4 is 28.3 Å². The van der Waals surface area contributed by atoms with Gasteiger partial charge in [0.2, 0.25) is 11.8 Å². The van der Waals surface area contributed by atoms with Crippen molar-refractivity contribution in [2.45, 2.75) is 12.8 Å². The Bertz CT molecular complexity index is 1340. The number of aromatic nitrogens is 2. The van der Waals surface area contributed by atoms with Gasteiger partial charge in [0.05, 0.1) is 48.4 Å². The van der Waals surface area contributed by atoms with Gasteiger partial charge in [-0.05, 0) is 30.7 Å². The summed E-state index contributed by atoms with van der Waals surface area (Å²) in [6.45, 7) is -0.0736. The molecule has 33 heavy (non-hydrogen) atoms. The first-order valence-electron chi connectivity index (χ1n) is 9.94. The smallest absolute Gasteiger partial charge is 0.272 e. The minimum Gasteiger partial charge on any atom is -0.493 e. The molecule has 3 aromatic rings. The summed E-state index contributed by atoms with van der Waals surface area (Å²) in [7, 11) is 1.47. The van der Waals surface area contributed by atoms with Crippen molar-refractivity contribution < 1.29 is 19.1 Å². The molecular formula is C22H21N5O6. The average molecular weight is 451 g/mol. The number of carbonyl (C=O) groups excluding carboxylic acids is 2. The molecule has 0 bridgehead atoms. The first-order chi connectivity index (χ1) is 15.9. The number of rotatable bonds is 9. The zero-order valence-corrected chi connectivity index (χ0v) is 17.7. The molecule has 2 aromatic carbocycles. The van der Waals surface area contributed by atoms with Crippen LogP contribution in [0.1, 0.15) is 18.4 Å². The lowest BCUT2D eigenvalue weighted by molar-refractivity contribution is -0.124. The molecule has 0 atom stereocenters. The first-order valence-corrected chi connectivity index (χ1v) is 9.94. The molecule has 11 nitrogen and oxygen atoms in total. The summed E-state index contributed by atoms with van der Waals surface area (Å²) in [6.07, 6.45) is 0.507. The number of nitriles is 1. The molecule has 11 heteroatoms. The Labute approximate surface area is 187 Å². The van der Waals surface area contributed by atoms with Gasteiger partial charge in [0, 0.05) is 12.5 Å². The van der Waals surface area contributed by atoms with Gasteiger partial charge in [-0.15, -0.1) is 0 Å². The van der Waals surface area contributed by atoms with Gasteiger partial charge in [-0.2, -0.15) is 5.26 Å². The third kappa shape index (κ3) is 5.76. The number of nitrogens with zero attached hydrogens (tertiary/aromatic N) is 1. The summed E-state index contributed by atoms with van der Waals surface area (Å²) < 4.78 is 10.8. The van der Waals surface area contributed by atoms with E-state index in [0.717, 1.165) is 0 Å². The number of amides is 2. The summed E-state index contributed by atoms with van der Waals surface area (Å²) in [5.41, 5.74) is -0.432. The van der Waals surface area contributed by atoms with E-state index in [1.807, 2.05) is 6.07 Å². The van der Waals surface area contributed by atoms with Gasteiger partial charge in [0.25, 0.3) is 11.1 Å². The van der Waals surface area contributed by atoms with E-state index in [1.54, 1.807) is 18.2 Å². The van der Waals surface area contributed by atoms with E-state index >= 15 is 0 Å². The van der Waals surface area contributed by atoms with Crippen LogP contribution in [0.4, 0.5) is 5.69 Å². The minimum absolute atomic E-state index is 0.0521. The Morgan fingerprint density at radius 3 is 2.61 bits per heavy atom. The molecule has 1 aromatic heterocycles. The summed E-state index contributed by atoms with van der Waals surface area (Å²) >= 11 is 0. The second kappa shape index (κ2) is 10.6. The number of aromatic amines is 2. The van der Waals surface area contributed by atoms with Crippen LogP contribution in [0.3, 0.4) is 0 Å². The average Bonchev–Trinajstić information content (AvgIpc) is 2.83. The lowest BCUT2D eigenvalue weighted by atomic mass is 10.1. The number of H-pyrrole nitrogens is 2. The van der Waals surface area contributed by atoms with Crippen LogP contribution < -0.4 is 31.2 Å². The summed E-state index contributed by atoms with van der Waals surface area (Å²) in [6, 6.07) is 11.3. The van der Waals surface area contributed by atoms with E-state index in [4.69, 9.17) is 14.7 Å². The highest BCUT2D eigenvalue weighted by Gasteiger charge is 2.12. The SMILES string of the molecule is COc1cc(C#N)ccc1OCCCC(=O)NCC(=O)Nc1cccc2c(=O)[nH][nH]c(=O)c12. The molecule has 0 spiro atoms. The van der Waals surface area contributed by atoms with Crippen LogP contribution in [0, 0.1) is 11.3 Å². The number of methoxy groups -OCH3 is 1. The van der Waals surface area contributed by atoms with Crippen molar-refractivity contribution in [3.05, 3.63) is 62.7 Å². The van der Waals surface area contributed by atoms with E-state index in [1.165, 1.54) is 25.3 Å². The highest BCUT2D eigenvalue weighted by molar-refractivity contribution is 6.02. The van der Waals surface area contributed by atoms with Crippen molar-refractivity contribution in [3.63, 3.8) is 0 Å². The molecule has 0 aliphatic carbocycles. The maximum absolute atomic E-state index is 12.2. The van der Waals surface area contributed by atoms with Crippen LogP contribution >= 0.6 is 0 Å². The molecule has 1 heterocycles. The minimum atomic E-state index is -0.552. The molecule has 0 saturated carbocycles. The molecular weight excluding hydrogens is 430 g/mol. The van der Waals surface area contributed by atoms with Gasteiger partial charge in [-0.25, -0.2) is 0 Å². The summed E-state index contributed by atoms with van der Waals surface area (Å²) in [5.74, 6) is -0.0218. The number of anilines is 1. The first kappa shape index (κ1) is 23.1. The van der Waals surface area contributed by atoms with Crippen LogP contribution in [0.5, 0.6) is 11.5 Å². The zero-order chi connectivity index (χ0) is 23.8. The normalized spacial score (nSPS) is 10.3. The van der Waals surface area contributed by atoms with Gasteiger partial charge >= 0.3 is 0 Å². The third-order valence-corrected chi connectivity index (χ3v) is 4.64. The standard InChI is InChI=1S/C22H21N5O6/c1-32-17-10-13(11-23)7-8-16(17)33-9-3-6-18(28)24-12-19(29)25-15-5-2-4-14-20(15)22(31)27-26-21(14)30/h2,4-5,7-8,10H,3,6,9,12H2,1H3,(H,24,28)(H,25,29)(H,26,30)(H,27,31). The second-order valence-corrected chi connectivity index (χ2v) is 6.89. The topological polar surface area (TPSA) is 166 Å². The van der Waals surface area contributed by atoms with E-state index < -0.39 is 17.0 Å². The van der Waals surface area contributed by atoms with E-state index in [0.29, 0.717) is 23.5 Å². The Hall–Kier alpha value is -4.59. The predicted octanol–water partition coefficient (Wildman–Crippen LogP) is 1.01. The number of nitrogens with one attached hydrogen (secondary N) is 4. The number of fused-ring (bicyclic) bond motifs is 1. The molecule has 2 amide bonds. The molecule has 4 N–H and O–H groups in total. The van der Waals surface area contributed by atoms with Crippen LogP contribution in [-0.4, -0.2) is 42.3 Å². The second-order valence-electron chi connectivity index (χ2n) is 6.89. The molecule has 0 unspecified atom stereocenters. The fourth-order valence-corrected chi connectivity index (χ4v) is 3.07. The molecule has 0 fully saturated rings. The Balaban J connectivity index is 1.46. The lowest BCUT2D eigenvalue weighted by Crippen LogP contribution is -2.33. The number of hydrogen-bond donors (Lipinski definition) is 4. The van der Waals surface area contributed by atoms with Crippen LogP contribution in [0.25, 0.3) is 10.8 Å². The molecule has 0 saturated heterocycles. The van der Waals surface area contributed by atoms with Crippen molar-refractivity contribution in [2.24, 2.45) is 0 Å². The molecule has 0 radical (unpaired) electrons. The Kier molecular flexibility index (Phi) is 7.43. The van der Waals surface area contributed by atoms with Crippen LogP contribution in [-0.2, 0) is 9.59 Å². The highest BCUT2D eigenvalue weighted by atomic mass is 16.5. The van der Waals surface area contributed by atoms with Crippen molar-refractivity contribution in [1.82, 2.24) is 15.5 Å². The third-order valence-electron chi connectivity index (χ3n) is 4.64. The van der Waals surface area contributed by atoms with Crippen molar-refractivity contribution in [3.8, 4) is 17.6 Å². The largest absolute Gasteiger partial charge is 0.493 e. The zero-order valence-electron chi connectivity index (χ0n) is 17.7. The number of benzene rings is 2. The predicted molar refractivity (Wildman–Crippen MR) is 119 cm³/mol. The highest BCUT2D eigenvalue weighted by Crippen LogP contribution is 2.27. The van der Waals surface area contributed by atoms with Crippen molar-refractivity contribution in [1.29, 1.82) is 5.26 Å². The Morgan fingerprint density at radius 2 is 1.85 bits per heavy atom. The summed E-state index contributed by atoms with van der Waals surface area (Å²) in [5, 5.41) is 18.6. The monoisotopic (exact) mass is 451 g/mol. The maximum Gasteiger partial charge on any atom is 0.272 e. The molecule has 170 valence electrons. The number of hydrogen-bond acceptors (Lipinski definition) is 7. The number of carbonyl (C=O) groups is 2. The Morgan fingerprint density at radius 1 is 1.06 bits per heavy atom. The van der Waals surface area contributed by atoms with E-state index in [9.17, 15) is 19.2 Å². The van der Waals surface area contributed by atoms with Gasteiger partial charge < -0.3 is 20.1 Å². The van der Waals surface area contributed by atoms with Gasteiger partial charge in [-0.1, -0.05) is 6.07 Å². The van der Waals surface area contributed by atoms with Crippen LogP contribution in [0.15, 0.2) is 46.0 Å². The van der Waals surface area contributed by atoms with Gasteiger partial charge in [-0.3, -0.25) is 29.4 Å². The fourth-order valence-electron chi connectivity index (χ4n) is 3.07. The maximum atomic E-state index is 12.2. The molecule has 0 aliphatic heterocycles. The van der Waals surface area contributed by atoms with Crippen molar-refractivity contribution in [2.75, 3.05) is 25.6 Å². The van der Waals surface area contributed by atoms with Gasteiger partial charge in [0.1, 0.15) is 0 Å². The van der Waals surface area contributed by atoms with E-state index in [-0.39, 0.29) is 41.9 Å². The van der Waals surface area contributed by atoms with Gasteiger partial charge in [0.15, 0.2) is 11.5 Å². The number of ether oxygens (including phenoxy) is 2. The summed E-state index contributed by atoms with van der Waals surface area (Å²) in [4.78, 5) is 48.1. The van der Waals surface area contributed by atoms with E-state index in [2.05, 4.69) is 20.8 Å². The molecule has 0 aliphatic rings.